The van der Waals surface area contributed by atoms with Gasteiger partial charge in [0.1, 0.15) is 5.69 Å². The third kappa shape index (κ3) is 2.62. The van der Waals surface area contributed by atoms with E-state index in [1.807, 2.05) is 0 Å². The molecule has 22 heavy (non-hydrogen) atoms. The Morgan fingerprint density at radius 2 is 2.05 bits per heavy atom. The fourth-order valence-corrected chi connectivity index (χ4v) is 2.49. The molecule has 7 nitrogen and oxygen atoms in total. The van der Waals surface area contributed by atoms with E-state index < -0.39 is 18.0 Å². The van der Waals surface area contributed by atoms with Gasteiger partial charge in [-0.25, -0.2) is 9.59 Å². The third-order valence-corrected chi connectivity index (χ3v) is 3.40. The number of aliphatic hydroxyl groups is 1. The van der Waals surface area contributed by atoms with E-state index in [-0.39, 0.29) is 12.3 Å². The van der Waals surface area contributed by atoms with Gasteiger partial charge in [-0.1, -0.05) is 0 Å². The fourth-order valence-electron chi connectivity index (χ4n) is 2.49. The second kappa shape index (κ2) is 6.07. The molecule has 0 spiro atoms. The lowest BCUT2D eigenvalue weighted by Crippen LogP contribution is -2.15. The number of carbonyl (C=O) groups excluding carboxylic acids is 1. The zero-order chi connectivity index (χ0) is 16.4. The number of carboxylic acids is 1. The van der Waals surface area contributed by atoms with E-state index in [0.717, 1.165) is 0 Å². The Bertz CT molecular complexity index is 757. The van der Waals surface area contributed by atoms with E-state index in [1.54, 1.807) is 26.8 Å². The summed E-state index contributed by atoms with van der Waals surface area (Å²) in [4.78, 5) is 23.1. The summed E-state index contributed by atoms with van der Waals surface area (Å²) in [6, 6.07) is 1.70. The highest BCUT2D eigenvalue weighted by molar-refractivity contribution is 6.01. The molecule has 1 aromatic heterocycles. The van der Waals surface area contributed by atoms with Crippen LogP contribution in [0.5, 0.6) is 0 Å². The predicted octanol–water partition coefficient (Wildman–Crippen LogP) is 1.54. The number of ether oxygens (including phenoxy) is 1. The summed E-state index contributed by atoms with van der Waals surface area (Å²) in [5.74, 6) is -1.92. The monoisotopic (exact) mass is 304 g/mol. The van der Waals surface area contributed by atoms with Crippen molar-refractivity contribution in [1.29, 1.82) is 0 Å². The van der Waals surface area contributed by atoms with Crippen LogP contribution >= 0.6 is 0 Å². The van der Waals surface area contributed by atoms with Gasteiger partial charge in [0.05, 0.1) is 18.4 Å². The van der Waals surface area contributed by atoms with Crippen LogP contribution in [0.4, 0.5) is 0 Å². The minimum absolute atomic E-state index is 0.0898. The van der Waals surface area contributed by atoms with Crippen molar-refractivity contribution in [1.82, 2.24) is 10.2 Å². The van der Waals surface area contributed by atoms with Crippen LogP contribution in [0.15, 0.2) is 12.3 Å². The lowest BCUT2D eigenvalue weighted by atomic mass is 9.94. The number of carbonyl (C=O) groups is 2. The number of aliphatic carboxylic acids is 1. The van der Waals surface area contributed by atoms with E-state index >= 15 is 0 Å². The number of carboxylic acid groups (broad SMARTS) is 1. The number of benzene rings is 1. The highest BCUT2D eigenvalue weighted by atomic mass is 16.5. The van der Waals surface area contributed by atoms with Gasteiger partial charge in [-0.15, -0.1) is 0 Å². The Hall–Kier alpha value is -2.54. The number of aromatic nitrogens is 2. The molecule has 0 saturated carbocycles. The Morgan fingerprint density at radius 3 is 2.64 bits per heavy atom. The van der Waals surface area contributed by atoms with Crippen molar-refractivity contribution in [3.63, 3.8) is 0 Å². The van der Waals surface area contributed by atoms with E-state index in [2.05, 4.69) is 10.2 Å². The van der Waals surface area contributed by atoms with Crippen LogP contribution in [0.2, 0.25) is 0 Å². The van der Waals surface area contributed by atoms with Gasteiger partial charge in [0.2, 0.25) is 0 Å². The summed E-state index contributed by atoms with van der Waals surface area (Å²) < 4.78 is 5.03. The highest BCUT2D eigenvalue weighted by Crippen LogP contribution is 2.30. The van der Waals surface area contributed by atoms with Crippen LogP contribution in [-0.4, -0.2) is 39.0 Å². The minimum atomic E-state index is -1.81. The second-order valence-corrected chi connectivity index (χ2v) is 4.85. The summed E-state index contributed by atoms with van der Waals surface area (Å²) in [5, 5.41) is 27.3. The first kappa shape index (κ1) is 15.8. The molecule has 0 aliphatic carbocycles. The van der Waals surface area contributed by atoms with Crippen molar-refractivity contribution in [3.8, 4) is 0 Å². The maximum Gasteiger partial charge on any atom is 0.338 e. The zero-order valence-corrected chi connectivity index (χ0v) is 12.5. The van der Waals surface area contributed by atoms with E-state index in [9.17, 15) is 14.7 Å². The van der Waals surface area contributed by atoms with Crippen molar-refractivity contribution in [2.45, 2.75) is 26.9 Å². The lowest BCUT2D eigenvalue weighted by molar-refractivity contribution is -0.147. The molecule has 1 atom stereocenters. The van der Waals surface area contributed by atoms with Gasteiger partial charge >= 0.3 is 11.9 Å². The average Bonchev–Trinajstić information content (AvgIpc) is 2.45. The van der Waals surface area contributed by atoms with Gasteiger partial charge in [-0.05, 0) is 38.0 Å². The number of aliphatic hydroxyl groups excluding tert-OH is 1. The van der Waals surface area contributed by atoms with E-state index in [1.165, 1.54) is 6.20 Å². The number of nitrogens with zero attached hydrogens (tertiary/aromatic N) is 2. The Labute approximate surface area is 126 Å². The van der Waals surface area contributed by atoms with Crippen molar-refractivity contribution < 1.29 is 24.5 Å². The molecule has 0 radical (unpaired) electrons. The molecule has 7 heteroatoms. The van der Waals surface area contributed by atoms with Crippen LogP contribution in [0, 0.1) is 13.8 Å². The smallest absolute Gasteiger partial charge is 0.338 e. The van der Waals surface area contributed by atoms with Gasteiger partial charge < -0.3 is 14.9 Å². The largest absolute Gasteiger partial charge is 0.479 e. The normalized spacial score (nSPS) is 12.2. The molecular weight excluding hydrogens is 288 g/mol. The SMILES string of the molecule is CCOC(=O)c1c(C)cc2cnnc(C(O)C(=O)O)c2c1C. The number of hydrogen-bond acceptors (Lipinski definition) is 6. The molecule has 0 aliphatic rings. The molecule has 116 valence electrons. The molecule has 0 aliphatic heterocycles. The summed E-state index contributed by atoms with van der Waals surface area (Å²) in [5.41, 5.74) is 1.46. The first-order valence-corrected chi connectivity index (χ1v) is 6.72. The highest BCUT2D eigenvalue weighted by Gasteiger charge is 2.25. The molecule has 2 aromatic rings. The fraction of sp³-hybridized carbons (Fsp3) is 0.333. The van der Waals surface area contributed by atoms with Gasteiger partial charge in [0.15, 0.2) is 6.10 Å². The van der Waals surface area contributed by atoms with Crippen LogP contribution < -0.4 is 0 Å². The van der Waals surface area contributed by atoms with Crippen LogP contribution in [0.25, 0.3) is 10.8 Å². The summed E-state index contributed by atoms with van der Waals surface area (Å²) in [6.45, 7) is 5.36. The van der Waals surface area contributed by atoms with Crippen molar-refractivity contribution in [2.75, 3.05) is 6.61 Å². The topological polar surface area (TPSA) is 110 Å². The van der Waals surface area contributed by atoms with Gasteiger partial charge in [0, 0.05) is 10.8 Å². The number of fused-ring (bicyclic) bond motifs is 1. The Morgan fingerprint density at radius 1 is 1.36 bits per heavy atom. The first-order valence-electron chi connectivity index (χ1n) is 6.72. The number of hydrogen-bond donors (Lipinski definition) is 2. The minimum Gasteiger partial charge on any atom is -0.479 e. The van der Waals surface area contributed by atoms with Crippen molar-refractivity contribution >= 4 is 22.7 Å². The van der Waals surface area contributed by atoms with Crippen LogP contribution in [0.3, 0.4) is 0 Å². The average molecular weight is 304 g/mol. The molecule has 0 fully saturated rings. The molecule has 2 rings (SSSR count). The van der Waals surface area contributed by atoms with E-state index in [4.69, 9.17) is 9.84 Å². The summed E-state index contributed by atoms with van der Waals surface area (Å²) in [7, 11) is 0. The number of rotatable bonds is 4. The van der Waals surface area contributed by atoms with Gasteiger partial charge in [-0.2, -0.15) is 10.2 Å². The summed E-state index contributed by atoms with van der Waals surface area (Å²) in [6.07, 6.45) is -0.352. The predicted molar refractivity (Wildman–Crippen MR) is 77.6 cm³/mol. The molecular formula is C15H16N2O5. The summed E-state index contributed by atoms with van der Waals surface area (Å²) >= 11 is 0. The van der Waals surface area contributed by atoms with Crippen molar-refractivity contribution in [3.05, 3.63) is 34.6 Å². The Kier molecular flexibility index (Phi) is 4.37. The number of esters is 1. The number of aryl methyl sites for hydroxylation is 2. The molecule has 1 heterocycles. The molecule has 0 saturated heterocycles. The molecule has 2 N–H and O–H groups in total. The Balaban J connectivity index is 2.79. The standard InChI is InChI=1S/C15H16N2O5/c1-4-22-15(21)10-7(2)5-9-6-16-17-12(11(9)8(10)3)13(18)14(19)20/h5-6,13,18H,4H2,1-3H3,(H,19,20). The van der Waals surface area contributed by atoms with Crippen LogP contribution in [-0.2, 0) is 9.53 Å². The molecule has 1 aromatic carbocycles. The lowest BCUT2D eigenvalue weighted by Gasteiger charge is -2.15. The first-order chi connectivity index (χ1) is 10.4. The van der Waals surface area contributed by atoms with E-state index in [0.29, 0.717) is 27.5 Å². The maximum absolute atomic E-state index is 12.1. The zero-order valence-electron chi connectivity index (χ0n) is 12.5. The second-order valence-electron chi connectivity index (χ2n) is 4.85. The quantitative estimate of drug-likeness (QED) is 0.824. The van der Waals surface area contributed by atoms with Gasteiger partial charge in [0.25, 0.3) is 0 Å². The maximum atomic E-state index is 12.1. The molecule has 1 unspecified atom stereocenters. The van der Waals surface area contributed by atoms with Crippen LogP contribution in [0.1, 0.15) is 40.2 Å². The van der Waals surface area contributed by atoms with Crippen molar-refractivity contribution in [2.24, 2.45) is 0 Å². The van der Waals surface area contributed by atoms with Gasteiger partial charge in [-0.3, -0.25) is 0 Å². The molecule has 0 amide bonds. The third-order valence-electron chi connectivity index (χ3n) is 3.40. The molecule has 0 bridgehead atoms.